The Morgan fingerprint density at radius 2 is 2.19 bits per heavy atom. The van der Waals surface area contributed by atoms with Crippen molar-refractivity contribution in [3.8, 4) is 5.75 Å². The molecule has 1 aromatic rings. The Hall–Kier alpha value is -0.970. The van der Waals surface area contributed by atoms with E-state index in [1.165, 1.54) is 7.05 Å². The Morgan fingerprint density at radius 1 is 1.50 bits per heavy atom. The molecule has 6 heteroatoms. The van der Waals surface area contributed by atoms with Gasteiger partial charge in [-0.15, -0.1) is 0 Å². The van der Waals surface area contributed by atoms with E-state index >= 15 is 0 Å². The molecule has 0 fully saturated rings. The fourth-order valence-electron chi connectivity index (χ4n) is 1.02. The first-order valence-electron chi connectivity index (χ1n) is 4.60. The van der Waals surface area contributed by atoms with Crippen molar-refractivity contribution in [2.45, 2.75) is 6.42 Å². The minimum atomic E-state index is -0.210. The number of hydrogen-bond donors (Lipinski definition) is 1. The summed E-state index contributed by atoms with van der Waals surface area (Å²) in [6.07, 6.45) is 0.190. The van der Waals surface area contributed by atoms with Gasteiger partial charge in [-0.3, -0.25) is 9.80 Å². The maximum atomic E-state index is 11.1. The lowest BCUT2D eigenvalue weighted by atomic mass is 10.3. The normalized spacial score (nSPS) is 10.0. The van der Waals surface area contributed by atoms with Crippen molar-refractivity contribution in [1.82, 2.24) is 5.01 Å². The van der Waals surface area contributed by atoms with Crippen LogP contribution in [-0.4, -0.2) is 24.6 Å². The number of benzene rings is 1. The van der Waals surface area contributed by atoms with Crippen LogP contribution in [0.5, 0.6) is 5.75 Å². The molecule has 0 saturated heterocycles. The predicted molar refractivity (Wildman–Crippen MR) is 63.5 cm³/mol. The van der Waals surface area contributed by atoms with E-state index in [-0.39, 0.29) is 18.9 Å². The Bertz CT molecular complexity index is 383. The van der Waals surface area contributed by atoms with Gasteiger partial charge in [0.2, 0.25) is 5.91 Å². The zero-order valence-corrected chi connectivity index (χ0v) is 10.3. The third-order valence-corrected chi connectivity index (χ3v) is 2.68. The van der Waals surface area contributed by atoms with Crippen LogP contribution in [-0.2, 0) is 4.79 Å². The van der Waals surface area contributed by atoms with E-state index in [0.29, 0.717) is 15.8 Å². The molecule has 0 saturated carbocycles. The molecular formula is C10H12Cl2N2O2. The minimum Gasteiger partial charge on any atom is -0.491 e. The Labute approximate surface area is 104 Å². The molecule has 88 valence electrons. The van der Waals surface area contributed by atoms with Crippen LogP contribution in [0.15, 0.2) is 18.2 Å². The lowest BCUT2D eigenvalue weighted by molar-refractivity contribution is -0.130. The van der Waals surface area contributed by atoms with Crippen LogP contribution < -0.4 is 10.6 Å². The van der Waals surface area contributed by atoms with Gasteiger partial charge in [0, 0.05) is 7.05 Å². The highest BCUT2D eigenvalue weighted by atomic mass is 35.5. The highest BCUT2D eigenvalue weighted by Gasteiger charge is 2.08. The van der Waals surface area contributed by atoms with E-state index in [4.69, 9.17) is 33.8 Å². The molecule has 0 aliphatic heterocycles. The summed E-state index contributed by atoms with van der Waals surface area (Å²) in [5.41, 5.74) is 0. The van der Waals surface area contributed by atoms with Gasteiger partial charge in [-0.2, -0.15) is 0 Å². The molecule has 1 rings (SSSR count). The summed E-state index contributed by atoms with van der Waals surface area (Å²) in [6, 6.07) is 5.07. The second-order valence-electron chi connectivity index (χ2n) is 3.16. The third-order valence-electron chi connectivity index (χ3n) is 1.88. The number of hydrogen-bond acceptors (Lipinski definition) is 3. The monoisotopic (exact) mass is 262 g/mol. The SMILES string of the molecule is CN(N)C(=O)CCOc1cccc(Cl)c1Cl. The largest absolute Gasteiger partial charge is 0.491 e. The molecule has 0 bridgehead atoms. The van der Waals surface area contributed by atoms with Crippen molar-refractivity contribution in [3.05, 3.63) is 28.2 Å². The average Bonchev–Trinajstić information content (AvgIpc) is 2.24. The van der Waals surface area contributed by atoms with Gasteiger partial charge in [-0.05, 0) is 12.1 Å². The molecule has 0 atom stereocenters. The molecule has 0 radical (unpaired) electrons. The van der Waals surface area contributed by atoms with Crippen LogP contribution in [0, 0.1) is 0 Å². The van der Waals surface area contributed by atoms with Crippen molar-refractivity contribution in [2.75, 3.05) is 13.7 Å². The van der Waals surface area contributed by atoms with E-state index in [1.54, 1.807) is 18.2 Å². The fraction of sp³-hybridized carbons (Fsp3) is 0.300. The van der Waals surface area contributed by atoms with Gasteiger partial charge in [0.05, 0.1) is 18.1 Å². The number of carbonyl (C=O) groups excluding carboxylic acids is 1. The molecule has 0 heterocycles. The highest BCUT2D eigenvalue weighted by molar-refractivity contribution is 6.42. The van der Waals surface area contributed by atoms with Crippen molar-refractivity contribution >= 4 is 29.1 Å². The second-order valence-corrected chi connectivity index (χ2v) is 3.94. The fourth-order valence-corrected chi connectivity index (χ4v) is 1.37. The van der Waals surface area contributed by atoms with E-state index in [1.807, 2.05) is 0 Å². The molecule has 0 aliphatic carbocycles. The number of nitrogens with zero attached hydrogens (tertiary/aromatic N) is 1. The summed E-state index contributed by atoms with van der Waals surface area (Å²) >= 11 is 11.7. The molecule has 0 unspecified atom stereocenters. The molecule has 16 heavy (non-hydrogen) atoms. The number of ether oxygens (including phenoxy) is 1. The van der Waals surface area contributed by atoms with Crippen LogP contribution in [0.4, 0.5) is 0 Å². The highest BCUT2D eigenvalue weighted by Crippen LogP contribution is 2.31. The number of rotatable bonds is 4. The molecule has 0 aromatic heterocycles. The Balaban J connectivity index is 2.49. The summed E-state index contributed by atoms with van der Waals surface area (Å²) < 4.78 is 5.32. The van der Waals surface area contributed by atoms with Gasteiger partial charge in [0.1, 0.15) is 10.8 Å². The number of nitrogens with two attached hydrogens (primary N) is 1. The maximum Gasteiger partial charge on any atom is 0.239 e. The van der Waals surface area contributed by atoms with Crippen LogP contribution in [0.2, 0.25) is 10.0 Å². The van der Waals surface area contributed by atoms with Crippen molar-refractivity contribution in [2.24, 2.45) is 5.84 Å². The first-order chi connectivity index (χ1) is 7.52. The summed E-state index contributed by atoms with van der Waals surface area (Å²) in [5, 5.41) is 1.78. The van der Waals surface area contributed by atoms with Gasteiger partial charge >= 0.3 is 0 Å². The van der Waals surface area contributed by atoms with Gasteiger partial charge in [0.25, 0.3) is 0 Å². The third kappa shape index (κ3) is 3.56. The summed E-state index contributed by atoms with van der Waals surface area (Å²) in [5.74, 6) is 5.50. The standard InChI is InChI=1S/C10H12Cl2N2O2/c1-14(13)9(15)5-6-16-8-4-2-3-7(11)10(8)12/h2-4H,5-6,13H2,1H3. The van der Waals surface area contributed by atoms with Gasteiger partial charge in [0.15, 0.2) is 0 Å². The molecular weight excluding hydrogens is 251 g/mol. The predicted octanol–water partition coefficient (Wildman–Crippen LogP) is 2.09. The number of amides is 1. The average molecular weight is 263 g/mol. The van der Waals surface area contributed by atoms with Crippen LogP contribution >= 0.6 is 23.2 Å². The van der Waals surface area contributed by atoms with Crippen LogP contribution in [0.3, 0.4) is 0 Å². The van der Waals surface area contributed by atoms with Gasteiger partial charge in [-0.25, -0.2) is 5.84 Å². The van der Waals surface area contributed by atoms with E-state index < -0.39 is 0 Å². The molecule has 4 nitrogen and oxygen atoms in total. The summed E-state index contributed by atoms with van der Waals surface area (Å²) in [7, 11) is 1.48. The smallest absolute Gasteiger partial charge is 0.239 e. The van der Waals surface area contributed by atoms with Crippen LogP contribution in [0.1, 0.15) is 6.42 Å². The maximum absolute atomic E-state index is 11.1. The first kappa shape index (κ1) is 13.1. The summed E-state index contributed by atoms with van der Waals surface area (Å²) in [6.45, 7) is 0.209. The topological polar surface area (TPSA) is 55.6 Å². The van der Waals surface area contributed by atoms with E-state index in [9.17, 15) is 4.79 Å². The Morgan fingerprint density at radius 3 is 2.81 bits per heavy atom. The molecule has 0 aliphatic rings. The first-order valence-corrected chi connectivity index (χ1v) is 5.36. The number of carbonyl (C=O) groups is 1. The Kier molecular flexibility index (Phi) is 4.86. The van der Waals surface area contributed by atoms with E-state index in [2.05, 4.69) is 0 Å². The quantitative estimate of drug-likeness (QED) is 0.514. The molecule has 1 aromatic carbocycles. The molecule has 0 spiro atoms. The number of hydrazine groups is 1. The zero-order valence-electron chi connectivity index (χ0n) is 8.74. The lowest BCUT2D eigenvalue weighted by Gasteiger charge is -2.11. The number of halogens is 2. The van der Waals surface area contributed by atoms with Crippen molar-refractivity contribution in [3.63, 3.8) is 0 Å². The summed E-state index contributed by atoms with van der Waals surface area (Å²) in [4.78, 5) is 11.1. The van der Waals surface area contributed by atoms with Crippen molar-refractivity contribution < 1.29 is 9.53 Å². The van der Waals surface area contributed by atoms with Gasteiger partial charge < -0.3 is 4.74 Å². The lowest BCUT2D eigenvalue weighted by Crippen LogP contribution is -2.33. The molecule has 2 N–H and O–H groups in total. The van der Waals surface area contributed by atoms with E-state index in [0.717, 1.165) is 5.01 Å². The second kappa shape index (κ2) is 5.94. The zero-order chi connectivity index (χ0) is 12.1. The van der Waals surface area contributed by atoms with Gasteiger partial charge in [-0.1, -0.05) is 29.3 Å². The van der Waals surface area contributed by atoms with Crippen LogP contribution in [0.25, 0.3) is 0 Å². The minimum absolute atomic E-state index is 0.190. The van der Waals surface area contributed by atoms with Crippen molar-refractivity contribution in [1.29, 1.82) is 0 Å². The molecule has 1 amide bonds.